The number of ether oxygens (including phenoxy) is 1. The first kappa shape index (κ1) is 26.1. The van der Waals surface area contributed by atoms with Crippen LogP contribution < -0.4 is 10.0 Å². The zero-order chi connectivity index (χ0) is 26.7. The largest absolute Gasteiger partial charge is 0.871 e. The van der Waals surface area contributed by atoms with Gasteiger partial charge in [-0.25, -0.2) is 9.78 Å². The Hall–Kier alpha value is -3.98. The van der Waals surface area contributed by atoms with Gasteiger partial charge in [-0.1, -0.05) is 24.0 Å². The van der Waals surface area contributed by atoms with Crippen molar-refractivity contribution in [3.63, 3.8) is 0 Å². The van der Waals surface area contributed by atoms with Crippen molar-refractivity contribution in [3.05, 3.63) is 76.7 Å². The number of ketones is 1. The van der Waals surface area contributed by atoms with Crippen molar-refractivity contribution in [3.8, 4) is 0 Å². The number of aryl methyl sites for hydroxylation is 1. The first-order chi connectivity index (χ1) is 17.8. The molecule has 3 heterocycles. The van der Waals surface area contributed by atoms with Gasteiger partial charge in [0.25, 0.3) is 5.91 Å². The number of benzene rings is 1. The number of hydrogen-bond donors (Lipinski definition) is 1. The van der Waals surface area contributed by atoms with Gasteiger partial charge in [-0.2, -0.15) is 0 Å². The molecule has 1 saturated heterocycles. The molecule has 0 aliphatic carbocycles. The highest BCUT2D eigenvalue weighted by molar-refractivity contribution is 6.46. The number of imidazole rings is 1. The lowest BCUT2D eigenvalue weighted by Crippen LogP contribution is -3.11. The van der Waals surface area contributed by atoms with Crippen LogP contribution in [0.5, 0.6) is 0 Å². The molecule has 194 valence electrons. The lowest BCUT2D eigenvalue weighted by molar-refractivity contribution is -0.896. The van der Waals surface area contributed by atoms with Crippen molar-refractivity contribution in [2.24, 2.45) is 0 Å². The molecule has 1 fully saturated rings. The zero-order valence-corrected chi connectivity index (χ0v) is 21.6. The van der Waals surface area contributed by atoms with Crippen LogP contribution >= 0.6 is 0 Å². The van der Waals surface area contributed by atoms with Crippen LogP contribution in [0.3, 0.4) is 0 Å². The fourth-order valence-corrected chi connectivity index (χ4v) is 4.98. The van der Waals surface area contributed by atoms with Gasteiger partial charge >= 0.3 is 5.97 Å². The van der Waals surface area contributed by atoms with Crippen molar-refractivity contribution in [1.82, 2.24) is 14.3 Å². The molecule has 1 atom stereocenters. The zero-order valence-electron chi connectivity index (χ0n) is 21.6. The highest BCUT2D eigenvalue weighted by Gasteiger charge is 2.44. The summed E-state index contributed by atoms with van der Waals surface area (Å²) in [5.74, 6) is -2.50. The van der Waals surface area contributed by atoms with E-state index in [9.17, 15) is 19.5 Å². The number of aromatic nitrogens is 2. The first-order valence-corrected chi connectivity index (χ1v) is 12.5. The molecule has 37 heavy (non-hydrogen) atoms. The molecule has 1 aromatic carbocycles. The fraction of sp³-hybridized carbons (Fsp3) is 0.357. The monoisotopic (exact) mass is 504 g/mol. The molecular formula is C28H32N4O5. The van der Waals surface area contributed by atoms with Gasteiger partial charge in [0.1, 0.15) is 5.65 Å². The number of Topliss-reactive ketones (excluding diaryl/α,β-unsaturated/α-hetero) is 1. The predicted molar refractivity (Wildman–Crippen MR) is 136 cm³/mol. The second-order valence-electron chi connectivity index (χ2n) is 9.12. The van der Waals surface area contributed by atoms with Crippen LogP contribution in [0.2, 0.25) is 0 Å². The SMILES string of the molecule is CC[NH+](CC)CCCN1C(=O)C(=O)C(=C([O-])c2c(C)nc3ccccn23)C1c1ccc(C(=O)OC)cc1. The molecule has 0 bridgehead atoms. The predicted octanol–water partition coefficient (Wildman–Crippen LogP) is 0.968. The summed E-state index contributed by atoms with van der Waals surface area (Å²) in [6.45, 7) is 9.04. The maximum Gasteiger partial charge on any atom is 0.337 e. The number of carbonyl (C=O) groups excluding carboxylic acids is 3. The number of esters is 1. The number of pyridine rings is 1. The Labute approximate surface area is 216 Å². The van der Waals surface area contributed by atoms with Crippen molar-refractivity contribution in [2.75, 3.05) is 33.3 Å². The smallest absolute Gasteiger partial charge is 0.337 e. The van der Waals surface area contributed by atoms with E-state index in [1.54, 1.807) is 53.9 Å². The molecule has 3 aromatic rings. The van der Waals surface area contributed by atoms with Crippen LogP contribution in [0, 0.1) is 6.92 Å². The van der Waals surface area contributed by atoms with Crippen LogP contribution in [0.1, 0.15) is 53.6 Å². The minimum Gasteiger partial charge on any atom is -0.871 e. The number of carbonyl (C=O) groups is 3. The van der Waals surface area contributed by atoms with E-state index in [1.165, 1.54) is 16.9 Å². The van der Waals surface area contributed by atoms with Crippen molar-refractivity contribution < 1.29 is 29.1 Å². The number of nitrogens with one attached hydrogen (secondary N) is 1. The average Bonchev–Trinajstić information content (AvgIpc) is 3.38. The normalized spacial score (nSPS) is 17.2. The summed E-state index contributed by atoms with van der Waals surface area (Å²) >= 11 is 0. The summed E-state index contributed by atoms with van der Waals surface area (Å²) in [5.41, 5.74) is 2.14. The van der Waals surface area contributed by atoms with Gasteiger partial charge in [0.2, 0.25) is 5.78 Å². The number of fused-ring (bicyclic) bond motifs is 1. The average molecular weight is 505 g/mol. The molecule has 1 aliphatic heterocycles. The van der Waals surface area contributed by atoms with Crippen LogP contribution in [0.25, 0.3) is 11.4 Å². The molecule has 1 aliphatic rings. The first-order valence-electron chi connectivity index (χ1n) is 12.5. The third-order valence-electron chi connectivity index (χ3n) is 7.03. The van der Waals surface area contributed by atoms with E-state index in [0.29, 0.717) is 35.4 Å². The second-order valence-corrected chi connectivity index (χ2v) is 9.12. The molecule has 0 radical (unpaired) electrons. The number of likely N-dealkylation sites (tertiary alicyclic amines) is 1. The molecule has 9 nitrogen and oxygen atoms in total. The molecule has 1 N–H and O–H groups in total. The molecule has 1 amide bonds. The van der Waals surface area contributed by atoms with Crippen molar-refractivity contribution in [1.29, 1.82) is 0 Å². The van der Waals surface area contributed by atoms with E-state index < -0.39 is 29.5 Å². The number of amides is 1. The lowest BCUT2D eigenvalue weighted by Gasteiger charge is -2.28. The van der Waals surface area contributed by atoms with Gasteiger partial charge in [-0.3, -0.25) is 9.59 Å². The summed E-state index contributed by atoms with van der Waals surface area (Å²) in [7, 11) is 1.30. The third kappa shape index (κ3) is 4.86. The molecular weight excluding hydrogens is 472 g/mol. The summed E-state index contributed by atoms with van der Waals surface area (Å²) in [6.07, 6.45) is 2.40. The molecule has 0 saturated carbocycles. The Kier molecular flexibility index (Phi) is 7.73. The highest BCUT2D eigenvalue weighted by Crippen LogP contribution is 2.39. The third-order valence-corrected chi connectivity index (χ3v) is 7.03. The second kappa shape index (κ2) is 11.0. The number of rotatable bonds is 9. The quantitative estimate of drug-likeness (QED) is 0.201. The van der Waals surface area contributed by atoms with E-state index in [4.69, 9.17) is 4.74 Å². The Morgan fingerprint density at radius 3 is 2.46 bits per heavy atom. The standard InChI is InChI=1S/C28H32N4O5/c1-5-30(6-2)15-9-17-32-24(19-11-13-20(14-12-19)28(36)37-4)22(26(34)27(32)35)25(33)23-18(3)29-21-10-7-8-16-31(21)23/h7-8,10-14,16,24,33H,5-6,9,15,17H2,1-4H3. The van der Waals surface area contributed by atoms with Crippen LogP contribution in [-0.4, -0.2) is 65.2 Å². The van der Waals surface area contributed by atoms with E-state index in [0.717, 1.165) is 19.6 Å². The van der Waals surface area contributed by atoms with Gasteiger partial charge in [-0.15, -0.1) is 0 Å². The van der Waals surface area contributed by atoms with Crippen LogP contribution in [0.4, 0.5) is 0 Å². The van der Waals surface area contributed by atoms with Crippen LogP contribution in [0.15, 0.2) is 54.2 Å². The van der Waals surface area contributed by atoms with E-state index in [1.807, 2.05) is 6.07 Å². The molecule has 1 unspecified atom stereocenters. The summed E-state index contributed by atoms with van der Waals surface area (Å²) < 4.78 is 6.43. The number of hydrogen-bond acceptors (Lipinski definition) is 6. The number of methoxy groups -OCH3 is 1. The summed E-state index contributed by atoms with van der Waals surface area (Å²) in [4.78, 5) is 45.9. The summed E-state index contributed by atoms with van der Waals surface area (Å²) in [5, 5.41) is 13.9. The Balaban J connectivity index is 1.82. The Morgan fingerprint density at radius 1 is 1.11 bits per heavy atom. The Morgan fingerprint density at radius 2 is 1.81 bits per heavy atom. The van der Waals surface area contributed by atoms with Crippen molar-refractivity contribution in [2.45, 2.75) is 33.2 Å². The maximum absolute atomic E-state index is 13.9. The maximum atomic E-state index is 13.9. The molecule has 4 rings (SSSR count). The topological polar surface area (TPSA) is 108 Å². The van der Waals surface area contributed by atoms with Gasteiger partial charge < -0.3 is 24.0 Å². The molecule has 0 spiro atoms. The van der Waals surface area contributed by atoms with Gasteiger partial charge in [0.05, 0.1) is 49.7 Å². The molecule has 9 heteroatoms. The van der Waals surface area contributed by atoms with E-state index >= 15 is 0 Å². The van der Waals surface area contributed by atoms with Gasteiger partial charge in [0, 0.05) is 24.7 Å². The van der Waals surface area contributed by atoms with Gasteiger partial charge in [-0.05, 0) is 50.6 Å². The fourth-order valence-electron chi connectivity index (χ4n) is 4.98. The van der Waals surface area contributed by atoms with E-state index in [2.05, 4.69) is 18.8 Å². The van der Waals surface area contributed by atoms with E-state index in [-0.39, 0.29) is 11.3 Å². The lowest BCUT2D eigenvalue weighted by atomic mass is 9.95. The Bertz CT molecular complexity index is 1350. The highest BCUT2D eigenvalue weighted by atomic mass is 16.5. The number of quaternary nitrogens is 1. The van der Waals surface area contributed by atoms with Crippen molar-refractivity contribution >= 4 is 29.1 Å². The van der Waals surface area contributed by atoms with Gasteiger partial charge in [0.15, 0.2) is 0 Å². The number of nitrogens with zero attached hydrogens (tertiary/aromatic N) is 3. The molecule has 2 aromatic heterocycles. The minimum absolute atomic E-state index is 0.0974. The van der Waals surface area contributed by atoms with Crippen LogP contribution in [-0.2, 0) is 14.3 Å². The minimum atomic E-state index is -0.862. The summed E-state index contributed by atoms with van der Waals surface area (Å²) in [6, 6.07) is 11.0.